The molecule has 26 heavy (non-hydrogen) atoms. The number of carbonyl (C=O) groups is 2. The summed E-state index contributed by atoms with van der Waals surface area (Å²) < 4.78 is 7.56. The monoisotopic (exact) mass is 350 g/mol. The van der Waals surface area contributed by atoms with Gasteiger partial charge in [0.25, 0.3) is 11.7 Å². The molecule has 0 saturated carbocycles. The highest BCUT2D eigenvalue weighted by Gasteiger charge is 2.25. The molecule has 0 spiro atoms. The van der Waals surface area contributed by atoms with Gasteiger partial charge < -0.3 is 14.2 Å². The van der Waals surface area contributed by atoms with Crippen molar-refractivity contribution in [3.63, 3.8) is 0 Å². The van der Waals surface area contributed by atoms with Crippen molar-refractivity contribution in [2.24, 2.45) is 0 Å². The van der Waals surface area contributed by atoms with Crippen LogP contribution in [0.4, 0.5) is 0 Å². The molecule has 5 heteroatoms. The number of hydrogen-bond donors (Lipinski definition) is 0. The molecule has 0 unspecified atom stereocenters. The maximum absolute atomic E-state index is 12.7. The first-order valence-electron chi connectivity index (χ1n) is 8.50. The standard InChI is InChI=1S/C21H22N2O3/c1-5-23-13-16(20(24)21(25)22(2)3)19-17(23)11-15(12-18(19)26-4)14-9-7-6-8-10-14/h6-13H,5H2,1-4H3. The van der Waals surface area contributed by atoms with Gasteiger partial charge in [-0.25, -0.2) is 0 Å². The van der Waals surface area contributed by atoms with Crippen molar-refractivity contribution in [2.45, 2.75) is 13.5 Å². The summed E-state index contributed by atoms with van der Waals surface area (Å²) in [5.74, 6) is -0.490. The fraction of sp³-hybridized carbons (Fsp3) is 0.238. The molecule has 0 saturated heterocycles. The summed E-state index contributed by atoms with van der Waals surface area (Å²) in [7, 11) is 4.73. The van der Waals surface area contributed by atoms with Crippen molar-refractivity contribution in [1.82, 2.24) is 9.47 Å². The molecule has 134 valence electrons. The third-order valence-electron chi connectivity index (χ3n) is 4.46. The van der Waals surface area contributed by atoms with Crippen molar-refractivity contribution >= 4 is 22.6 Å². The normalized spacial score (nSPS) is 10.8. The Labute approximate surface area is 152 Å². The predicted molar refractivity (Wildman–Crippen MR) is 103 cm³/mol. The van der Waals surface area contributed by atoms with Gasteiger partial charge in [0.15, 0.2) is 0 Å². The van der Waals surface area contributed by atoms with E-state index in [1.807, 2.05) is 54.0 Å². The van der Waals surface area contributed by atoms with Crippen LogP contribution in [0.5, 0.6) is 5.75 Å². The molecular weight excluding hydrogens is 328 g/mol. The Morgan fingerprint density at radius 2 is 1.77 bits per heavy atom. The van der Waals surface area contributed by atoms with Crippen LogP contribution < -0.4 is 4.74 Å². The highest BCUT2D eigenvalue weighted by Crippen LogP contribution is 2.36. The SMILES string of the molecule is CCn1cc(C(=O)C(=O)N(C)C)c2c(OC)cc(-c3ccccc3)cc21. The lowest BCUT2D eigenvalue weighted by Gasteiger charge is -2.11. The van der Waals surface area contributed by atoms with Crippen molar-refractivity contribution < 1.29 is 14.3 Å². The number of benzene rings is 2. The molecule has 1 heterocycles. The summed E-state index contributed by atoms with van der Waals surface area (Å²) in [6.07, 6.45) is 1.74. The van der Waals surface area contributed by atoms with Gasteiger partial charge in [-0.3, -0.25) is 9.59 Å². The van der Waals surface area contributed by atoms with Crippen LogP contribution in [-0.2, 0) is 11.3 Å². The number of nitrogens with zero attached hydrogens (tertiary/aromatic N) is 2. The Hall–Kier alpha value is -3.08. The largest absolute Gasteiger partial charge is 0.496 e. The lowest BCUT2D eigenvalue weighted by Crippen LogP contribution is -2.29. The fourth-order valence-corrected chi connectivity index (χ4v) is 3.10. The number of likely N-dealkylation sites (N-methyl/N-ethyl adjacent to an activating group) is 1. The highest BCUT2D eigenvalue weighted by atomic mass is 16.5. The van der Waals surface area contributed by atoms with Crippen LogP contribution in [0.2, 0.25) is 0 Å². The van der Waals surface area contributed by atoms with Crippen molar-refractivity contribution in [3.05, 3.63) is 54.2 Å². The van der Waals surface area contributed by atoms with E-state index in [9.17, 15) is 9.59 Å². The molecule has 0 atom stereocenters. The second-order valence-electron chi connectivity index (χ2n) is 6.30. The summed E-state index contributed by atoms with van der Waals surface area (Å²) in [4.78, 5) is 26.2. The van der Waals surface area contributed by atoms with Crippen molar-refractivity contribution in [1.29, 1.82) is 0 Å². The number of amides is 1. The second kappa shape index (κ2) is 7.04. The summed E-state index contributed by atoms with van der Waals surface area (Å²) in [5, 5.41) is 0.675. The summed E-state index contributed by atoms with van der Waals surface area (Å²) in [6, 6.07) is 13.9. The smallest absolute Gasteiger partial charge is 0.294 e. The Kier molecular flexibility index (Phi) is 4.80. The van der Waals surface area contributed by atoms with Crippen LogP contribution >= 0.6 is 0 Å². The van der Waals surface area contributed by atoms with Gasteiger partial charge in [0.2, 0.25) is 0 Å². The van der Waals surface area contributed by atoms with Gasteiger partial charge in [-0.2, -0.15) is 0 Å². The van der Waals surface area contributed by atoms with Crippen LogP contribution in [0, 0.1) is 0 Å². The number of aryl methyl sites for hydroxylation is 1. The van der Waals surface area contributed by atoms with E-state index in [2.05, 4.69) is 0 Å². The second-order valence-corrected chi connectivity index (χ2v) is 6.30. The van der Waals surface area contributed by atoms with E-state index in [0.29, 0.717) is 23.2 Å². The third kappa shape index (κ3) is 2.96. The number of aromatic nitrogens is 1. The van der Waals surface area contributed by atoms with Crippen LogP contribution in [0.25, 0.3) is 22.0 Å². The maximum Gasteiger partial charge on any atom is 0.294 e. The molecule has 1 amide bonds. The Balaban J connectivity index is 2.27. The van der Waals surface area contributed by atoms with Crippen LogP contribution in [-0.4, -0.2) is 42.4 Å². The Morgan fingerprint density at radius 3 is 2.35 bits per heavy atom. The van der Waals surface area contributed by atoms with E-state index >= 15 is 0 Å². The molecule has 0 fully saturated rings. The minimum atomic E-state index is -0.547. The molecule has 0 aliphatic carbocycles. The molecule has 5 nitrogen and oxygen atoms in total. The molecule has 0 aliphatic heterocycles. The molecular formula is C21H22N2O3. The van der Waals surface area contributed by atoms with E-state index in [-0.39, 0.29) is 0 Å². The number of ether oxygens (including phenoxy) is 1. The van der Waals surface area contributed by atoms with E-state index in [0.717, 1.165) is 16.6 Å². The summed E-state index contributed by atoms with van der Waals surface area (Å²) >= 11 is 0. The van der Waals surface area contributed by atoms with E-state index in [4.69, 9.17) is 4.74 Å². The molecule has 3 rings (SSSR count). The molecule has 1 aromatic heterocycles. The van der Waals surface area contributed by atoms with Crippen LogP contribution in [0.1, 0.15) is 17.3 Å². The maximum atomic E-state index is 12.7. The third-order valence-corrected chi connectivity index (χ3v) is 4.46. The van der Waals surface area contributed by atoms with Gasteiger partial charge in [0, 0.05) is 26.8 Å². The Bertz CT molecular complexity index is 972. The lowest BCUT2D eigenvalue weighted by atomic mass is 10.0. The first-order chi connectivity index (χ1) is 12.5. The average molecular weight is 350 g/mol. The number of hydrogen-bond acceptors (Lipinski definition) is 3. The number of Topliss-reactive ketones (excluding diaryl/α,β-unsaturated/α-hetero) is 1. The number of rotatable bonds is 5. The van der Waals surface area contributed by atoms with Gasteiger partial charge in [-0.15, -0.1) is 0 Å². The molecule has 0 radical (unpaired) electrons. The van der Waals surface area contributed by atoms with E-state index in [1.54, 1.807) is 27.4 Å². The minimum absolute atomic E-state index is 0.372. The number of carbonyl (C=O) groups excluding carboxylic acids is 2. The molecule has 0 bridgehead atoms. The first-order valence-corrected chi connectivity index (χ1v) is 8.50. The van der Waals surface area contributed by atoms with Gasteiger partial charge in [-0.05, 0) is 30.2 Å². The number of methoxy groups -OCH3 is 1. The molecule has 2 aromatic carbocycles. The minimum Gasteiger partial charge on any atom is -0.496 e. The van der Waals surface area contributed by atoms with Crippen molar-refractivity contribution in [3.8, 4) is 16.9 Å². The van der Waals surface area contributed by atoms with Gasteiger partial charge >= 0.3 is 0 Å². The van der Waals surface area contributed by atoms with Crippen LogP contribution in [0.3, 0.4) is 0 Å². The topological polar surface area (TPSA) is 51.5 Å². The number of ketones is 1. The van der Waals surface area contributed by atoms with E-state index < -0.39 is 11.7 Å². The molecule has 3 aromatic rings. The Morgan fingerprint density at radius 1 is 1.08 bits per heavy atom. The quantitative estimate of drug-likeness (QED) is 0.522. The molecule has 0 N–H and O–H groups in total. The van der Waals surface area contributed by atoms with Gasteiger partial charge in [0.05, 0.1) is 23.6 Å². The van der Waals surface area contributed by atoms with E-state index in [1.165, 1.54) is 4.90 Å². The highest BCUT2D eigenvalue weighted by molar-refractivity contribution is 6.45. The first kappa shape index (κ1) is 17.7. The van der Waals surface area contributed by atoms with Crippen LogP contribution in [0.15, 0.2) is 48.7 Å². The summed E-state index contributed by atoms with van der Waals surface area (Å²) in [5.41, 5.74) is 3.31. The van der Waals surface area contributed by atoms with Gasteiger partial charge in [-0.1, -0.05) is 30.3 Å². The predicted octanol–water partition coefficient (Wildman–Crippen LogP) is 3.61. The van der Waals surface area contributed by atoms with Gasteiger partial charge in [0.1, 0.15) is 5.75 Å². The average Bonchev–Trinajstić information content (AvgIpc) is 3.05. The zero-order valence-electron chi connectivity index (χ0n) is 15.4. The summed E-state index contributed by atoms with van der Waals surface area (Å²) in [6.45, 7) is 2.68. The van der Waals surface area contributed by atoms with Crippen molar-refractivity contribution in [2.75, 3.05) is 21.2 Å². The zero-order valence-corrected chi connectivity index (χ0v) is 15.4. The zero-order chi connectivity index (χ0) is 18.8. The number of fused-ring (bicyclic) bond motifs is 1. The molecule has 0 aliphatic rings. The lowest BCUT2D eigenvalue weighted by molar-refractivity contribution is -0.124. The fourth-order valence-electron chi connectivity index (χ4n) is 3.10.